The van der Waals surface area contributed by atoms with Crippen molar-refractivity contribution < 1.29 is 17.6 Å². The molecule has 4 heteroatoms. The molecule has 0 aliphatic heterocycles. The molecule has 0 radical (unpaired) electrons. The Morgan fingerprint density at radius 1 is 0.667 bits per heavy atom. The number of alkyl halides is 3. The monoisotopic (exact) mass is 484 g/mol. The SMILES string of the molecule is CCCCCc1ccc(C#Cc2ccc3c(F)c(C#Cc4ccc(C(F)(F)F)cc4)ccc3c2)cc1. The van der Waals surface area contributed by atoms with E-state index >= 15 is 4.39 Å². The van der Waals surface area contributed by atoms with E-state index < -0.39 is 17.6 Å². The van der Waals surface area contributed by atoms with Gasteiger partial charge in [0, 0.05) is 22.1 Å². The van der Waals surface area contributed by atoms with Gasteiger partial charge in [0.25, 0.3) is 0 Å². The van der Waals surface area contributed by atoms with E-state index in [0.717, 1.165) is 29.7 Å². The van der Waals surface area contributed by atoms with Gasteiger partial charge in [-0.15, -0.1) is 0 Å². The molecule has 0 heterocycles. The van der Waals surface area contributed by atoms with Crippen LogP contribution in [-0.4, -0.2) is 0 Å². The summed E-state index contributed by atoms with van der Waals surface area (Å²) < 4.78 is 53.1. The number of rotatable bonds is 4. The van der Waals surface area contributed by atoms with Gasteiger partial charge in [0.05, 0.1) is 11.1 Å². The lowest BCUT2D eigenvalue weighted by Crippen LogP contribution is -2.04. The molecular weight excluding hydrogens is 460 g/mol. The topological polar surface area (TPSA) is 0 Å². The van der Waals surface area contributed by atoms with Crippen molar-refractivity contribution in [2.75, 3.05) is 0 Å². The molecule has 0 N–H and O–H groups in total. The highest BCUT2D eigenvalue weighted by Gasteiger charge is 2.29. The van der Waals surface area contributed by atoms with Crippen molar-refractivity contribution in [1.82, 2.24) is 0 Å². The zero-order valence-electron chi connectivity index (χ0n) is 19.8. The molecule has 36 heavy (non-hydrogen) atoms. The Balaban J connectivity index is 1.50. The second-order valence-corrected chi connectivity index (χ2v) is 8.59. The number of fused-ring (bicyclic) bond motifs is 1. The predicted molar refractivity (Wildman–Crippen MR) is 137 cm³/mol. The fraction of sp³-hybridized carbons (Fsp3) is 0.188. The summed E-state index contributed by atoms with van der Waals surface area (Å²) in [5, 5.41) is 1.11. The molecule has 4 aromatic rings. The van der Waals surface area contributed by atoms with Gasteiger partial charge >= 0.3 is 6.18 Å². The first-order valence-electron chi connectivity index (χ1n) is 11.9. The van der Waals surface area contributed by atoms with Gasteiger partial charge in [-0.1, -0.05) is 67.7 Å². The zero-order chi connectivity index (χ0) is 25.5. The smallest absolute Gasteiger partial charge is 0.205 e. The van der Waals surface area contributed by atoms with Gasteiger partial charge in [-0.05, 0) is 78.4 Å². The molecule has 0 spiro atoms. The molecule has 0 aromatic heterocycles. The maximum Gasteiger partial charge on any atom is 0.416 e. The summed E-state index contributed by atoms with van der Waals surface area (Å²) in [6.45, 7) is 2.19. The van der Waals surface area contributed by atoms with Crippen LogP contribution >= 0.6 is 0 Å². The number of halogens is 4. The molecule has 0 atom stereocenters. The standard InChI is InChI=1S/C32H24F4/c1-2-3-4-5-23-6-8-24(9-7-23)10-11-26-15-21-30-28(22-26)18-17-27(31(30)33)16-12-25-13-19-29(20-14-25)32(34,35)36/h6-9,13-15,17-22H,2-5H2,1H3. The highest BCUT2D eigenvalue weighted by atomic mass is 19.4. The van der Waals surface area contributed by atoms with Crippen LogP contribution in [0.2, 0.25) is 0 Å². The summed E-state index contributed by atoms with van der Waals surface area (Å²) in [6, 6.07) is 21.4. The van der Waals surface area contributed by atoms with Crippen LogP contribution in [-0.2, 0) is 12.6 Å². The summed E-state index contributed by atoms with van der Waals surface area (Å²) in [5.41, 5.74) is 2.82. The number of aryl methyl sites for hydroxylation is 1. The van der Waals surface area contributed by atoms with Crippen LogP contribution in [0.3, 0.4) is 0 Å². The second-order valence-electron chi connectivity index (χ2n) is 8.59. The van der Waals surface area contributed by atoms with E-state index in [1.54, 1.807) is 24.3 Å². The number of benzene rings is 4. The lowest BCUT2D eigenvalue weighted by Gasteiger charge is -2.05. The quantitative estimate of drug-likeness (QED) is 0.155. The van der Waals surface area contributed by atoms with Crippen LogP contribution in [0, 0.1) is 29.5 Å². The lowest BCUT2D eigenvalue weighted by molar-refractivity contribution is -0.137. The summed E-state index contributed by atoms with van der Waals surface area (Å²) in [4.78, 5) is 0. The van der Waals surface area contributed by atoms with Crippen molar-refractivity contribution in [2.45, 2.75) is 38.8 Å². The van der Waals surface area contributed by atoms with Gasteiger partial charge < -0.3 is 0 Å². The third kappa shape index (κ3) is 6.35. The Bertz CT molecular complexity index is 1470. The molecule has 0 saturated heterocycles. The predicted octanol–water partition coefficient (Wildman–Crippen LogP) is 8.53. The van der Waals surface area contributed by atoms with Gasteiger partial charge in [0.15, 0.2) is 0 Å². The molecule has 0 fully saturated rings. The minimum absolute atomic E-state index is 0.181. The first kappa shape index (κ1) is 25.1. The van der Waals surface area contributed by atoms with Crippen molar-refractivity contribution in [2.24, 2.45) is 0 Å². The highest BCUT2D eigenvalue weighted by Crippen LogP contribution is 2.29. The van der Waals surface area contributed by atoms with Gasteiger partial charge in [-0.25, -0.2) is 4.39 Å². The molecule has 4 rings (SSSR count). The van der Waals surface area contributed by atoms with E-state index in [-0.39, 0.29) is 5.56 Å². The molecule has 180 valence electrons. The zero-order valence-corrected chi connectivity index (χ0v) is 19.8. The van der Waals surface area contributed by atoms with Gasteiger partial charge in [0.1, 0.15) is 5.82 Å². The summed E-state index contributed by atoms with van der Waals surface area (Å²) >= 11 is 0. The fourth-order valence-corrected chi connectivity index (χ4v) is 3.83. The molecule has 0 unspecified atom stereocenters. The van der Waals surface area contributed by atoms with Gasteiger partial charge in [-0.3, -0.25) is 0 Å². The number of hydrogen-bond acceptors (Lipinski definition) is 0. The molecule has 0 nitrogen and oxygen atoms in total. The molecule has 0 amide bonds. The Morgan fingerprint density at radius 3 is 1.94 bits per heavy atom. The molecule has 4 aromatic carbocycles. The molecule has 0 saturated carbocycles. The van der Waals surface area contributed by atoms with Gasteiger partial charge in [-0.2, -0.15) is 13.2 Å². The first-order chi connectivity index (χ1) is 17.3. The first-order valence-corrected chi connectivity index (χ1v) is 11.9. The van der Waals surface area contributed by atoms with Crippen LogP contribution in [0.1, 0.15) is 59.6 Å². The maximum absolute atomic E-state index is 15.0. The average molecular weight is 485 g/mol. The van der Waals surface area contributed by atoms with E-state index in [1.165, 1.54) is 37.0 Å². The molecule has 0 aliphatic carbocycles. The van der Waals surface area contributed by atoms with Crippen molar-refractivity contribution in [1.29, 1.82) is 0 Å². The van der Waals surface area contributed by atoms with Crippen molar-refractivity contribution >= 4 is 10.8 Å². The van der Waals surface area contributed by atoms with Crippen LogP contribution < -0.4 is 0 Å². The number of unbranched alkanes of at least 4 members (excludes halogenated alkanes) is 2. The average Bonchev–Trinajstić information content (AvgIpc) is 2.88. The third-order valence-electron chi connectivity index (χ3n) is 5.88. The Kier molecular flexibility index (Phi) is 7.77. The Morgan fingerprint density at radius 2 is 1.28 bits per heavy atom. The van der Waals surface area contributed by atoms with E-state index in [2.05, 4.69) is 42.7 Å². The molecule has 0 aliphatic rings. The Hall–Kier alpha value is -4.02. The Labute approximate surface area is 209 Å². The third-order valence-corrected chi connectivity index (χ3v) is 5.88. The van der Waals surface area contributed by atoms with E-state index in [1.807, 2.05) is 18.2 Å². The van der Waals surface area contributed by atoms with Crippen LogP contribution in [0.4, 0.5) is 17.6 Å². The van der Waals surface area contributed by atoms with Crippen molar-refractivity contribution in [3.05, 3.63) is 118 Å². The minimum Gasteiger partial charge on any atom is -0.205 e. The molecule has 0 bridgehead atoms. The normalized spacial score (nSPS) is 10.9. The van der Waals surface area contributed by atoms with E-state index in [9.17, 15) is 13.2 Å². The van der Waals surface area contributed by atoms with Crippen molar-refractivity contribution in [3.63, 3.8) is 0 Å². The number of hydrogen-bond donors (Lipinski definition) is 0. The van der Waals surface area contributed by atoms with Crippen LogP contribution in [0.25, 0.3) is 10.8 Å². The summed E-state index contributed by atoms with van der Waals surface area (Å²) in [6.07, 6.45) is 0.304. The van der Waals surface area contributed by atoms with E-state index in [0.29, 0.717) is 16.3 Å². The summed E-state index contributed by atoms with van der Waals surface area (Å²) in [7, 11) is 0. The van der Waals surface area contributed by atoms with E-state index in [4.69, 9.17) is 0 Å². The maximum atomic E-state index is 15.0. The summed E-state index contributed by atoms with van der Waals surface area (Å²) in [5.74, 6) is 11.3. The van der Waals surface area contributed by atoms with Gasteiger partial charge in [0.2, 0.25) is 0 Å². The minimum atomic E-state index is -4.40. The second kappa shape index (κ2) is 11.1. The van der Waals surface area contributed by atoms with Crippen LogP contribution in [0.15, 0.2) is 78.9 Å². The fourth-order valence-electron chi connectivity index (χ4n) is 3.83. The highest BCUT2D eigenvalue weighted by molar-refractivity contribution is 5.86. The van der Waals surface area contributed by atoms with Crippen molar-refractivity contribution in [3.8, 4) is 23.7 Å². The largest absolute Gasteiger partial charge is 0.416 e. The molecular formula is C32H24F4. The van der Waals surface area contributed by atoms with Crippen LogP contribution in [0.5, 0.6) is 0 Å². The lowest BCUT2D eigenvalue weighted by atomic mass is 10.0.